The van der Waals surface area contributed by atoms with Crippen molar-refractivity contribution in [2.75, 3.05) is 0 Å². The molecule has 0 aliphatic heterocycles. The Bertz CT molecular complexity index is 359. The van der Waals surface area contributed by atoms with Crippen LogP contribution in [0.25, 0.3) is 0 Å². The lowest BCUT2D eigenvalue weighted by molar-refractivity contribution is 0.0473. The lowest BCUT2D eigenvalue weighted by Crippen LogP contribution is -2.27. The van der Waals surface area contributed by atoms with Gasteiger partial charge in [-0.05, 0) is 24.5 Å². The van der Waals surface area contributed by atoms with E-state index in [4.69, 9.17) is 11.6 Å². The van der Waals surface area contributed by atoms with Gasteiger partial charge in [0.25, 0.3) is 0 Å². The Balaban J connectivity index is 2.20. The highest BCUT2D eigenvalue weighted by atomic mass is 35.5. The van der Waals surface area contributed by atoms with E-state index in [1.807, 2.05) is 0 Å². The molecule has 0 amide bonds. The van der Waals surface area contributed by atoms with Crippen molar-refractivity contribution >= 4 is 11.6 Å². The predicted molar refractivity (Wildman–Crippen MR) is 58.5 cm³/mol. The molecule has 0 heterocycles. The maximum absolute atomic E-state index is 13.6. The lowest BCUT2D eigenvalue weighted by atomic mass is 9.93. The summed E-state index contributed by atoms with van der Waals surface area (Å²) in [6.45, 7) is 0. The van der Waals surface area contributed by atoms with E-state index in [9.17, 15) is 9.50 Å². The maximum Gasteiger partial charge on any atom is 0.145 e. The predicted octanol–water partition coefficient (Wildman–Crippen LogP) is 3.33. The van der Waals surface area contributed by atoms with Gasteiger partial charge < -0.3 is 5.11 Å². The summed E-state index contributed by atoms with van der Waals surface area (Å²) in [5.41, 5.74) is -0.196. The molecule has 1 N–H and O–H groups in total. The molecule has 1 aliphatic carbocycles. The highest BCUT2D eigenvalue weighted by molar-refractivity contribution is 6.30. The van der Waals surface area contributed by atoms with E-state index < -0.39 is 5.60 Å². The Morgan fingerprint density at radius 1 is 1.33 bits per heavy atom. The van der Waals surface area contributed by atoms with Crippen molar-refractivity contribution in [1.29, 1.82) is 0 Å². The molecule has 1 fully saturated rings. The summed E-state index contributed by atoms with van der Waals surface area (Å²) in [4.78, 5) is 0. The number of hydrogen-bond acceptors (Lipinski definition) is 1. The minimum Gasteiger partial charge on any atom is -0.390 e. The molecule has 0 atom stereocenters. The third kappa shape index (κ3) is 2.32. The fraction of sp³-hybridized carbons (Fsp3) is 0.500. The first kappa shape index (κ1) is 10.9. The van der Waals surface area contributed by atoms with Gasteiger partial charge in [-0.25, -0.2) is 4.39 Å². The van der Waals surface area contributed by atoms with Gasteiger partial charge in [-0.2, -0.15) is 0 Å². The minimum absolute atomic E-state index is 0.133. The van der Waals surface area contributed by atoms with Gasteiger partial charge >= 0.3 is 0 Å². The van der Waals surface area contributed by atoms with E-state index in [2.05, 4.69) is 0 Å². The Labute approximate surface area is 93.9 Å². The van der Waals surface area contributed by atoms with Gasteiger partial charge in [0.05, 0.1) is 10.6 Å². The van der Waals surface area contributed by atoms with Gasteiger partial charge in [-0.15, -0.1) is 0 Å². The fourth-order valence-electron chi connectivity index (χ4n) is 2.25. The van der Waals surface area contributed by atoms with Crippen LogP contribution in [0, 0.1) is 5.82 Å². The van der Waals surface area contributed by atoms with E-state index in [-0.39, 0.29) is 10.8 Å². The largest absolute Gasteiger partial charge is 0.390 e. The molecule has 0 spiro atoms. The normalized spacial score (nSPS) is 19.4. The monoisotopic (exact) mass is 228 g/mol. The lowest BCUT2D eigenvalue weighted by Gasteiger charge is -2.22. The van der Waals surface area contributed by atoms with Crippen molar-refractivity contribution < 1.29 is 9.50 Å². The molecular formula is C12H14ClFO. The van der Waals surface area contributed by atoms with Crippen molar-refractivity contribution in [2.24, 2.45) is 0 Å². The first-order valence-electron chi connectivity index (χ1n) is 5.26. The third-order valence-electron chi connectivity index (χ3n) is 3.09. The second-order valence-electron chi connectivity index (χ2n) is 4.32. The smallest absolute Gasteiger partial charge is 0.145 e. The number of hydrogen-bond donors (Lipinski definition) is 1. The third-order valence-corrected chi connectivity index (χ3v) is 3.38. The van der Waals surface area contributed by atoms with Crippen LogP contribution in [0.3, 0.4) is 0 Å². The molecule has 1 saturated carbocycles. The molecule has 0 bridgehead atoms. The highest BCUT2D eigenvalue weighted by Crippen LogP contribution is 2.33. The number of aliphatic hydroxyl groups is 1. The van der Waals surface area contributed by atoms with Crippen molar-refractivity contribution in [3.8, 4) is 0 Å². The standard InChI is InChI=1S/C12H14ClFO/c13-10-5-3-4-9(11(10)14)8-12(15)6-1-2-7-12/h3-5,15H,1-2,6-8H2. The van der Waals surface area contributed by atoms with Crippen molar-refractivity contribution in [3.63, 3.8) is 0 Å². The van der Waals surface area contributed by atoms with Gasteiger partial charge in [0.2, 0.25) is 0 Å². The van der Waals surface area contributed by atoms with Crippen LogP contribution in [-0.2, 0) is 6.42 Å². The van der Waals surface area contributed by atoms with Crippen LogP contribution in [0.4, 0.5) is 4.39 Å². The first-order valence-corrected chi connectivity index (χ1v) is 5.64. The zero-order chi connectivity index (χ0) is 10.9. The average Bonchev–Trinajstić information content (AvgIpc) is 2.60. The van der Waals surface area contributed by atoms with E-state index in [0.29, 0.717) is 12.0 Å². The van der Waals surface area contributed by atoms with Crippen LogP contribution in [0.1, 0.15) is 31.2 Å². The highest BCUT2D eigenvalue weighted by Gasteiger charge is 2.32. The molecule has 3 heteroatoms. The zero-order valence-corrected chi connectivity index (χ0v) is 9.23. The second kappa shape index (κ2) is 4.11. The molecule has 0 saturated heterocycles. The summed E-state index contributed by atoms with van der Waals surface area (Å²) in [7, 11) is 0. The molecule has 1 aliphatic rings. The van der Waals surface area contributed by atoms with Gasteiger partial charge in [0, 0.05) is 6.42 Å². The number of benzene rings is 1. The summed E-state index contributed by atoms with van der Waals surface area (Å²) in [6, 6.07) is 4.94. The number of halogens is 2. The molecule has 1 nitrogen and oxygen atoms in total. The quantitative estimate of drug-likeness (QED) is 0.823. The van der Waals surface area contributed by atoms with E-state index >= 15 is 0 Å². The number of rotatable bonds is 2. The zero-order valence-electron chi connectivity index (χ0n) is 8.47. The van der Waals surface area contributed by atoms with Crippen LogP contribution >= 0.6 is 11.6 Å². The van der Waals surface area contributed by atoms with E-state index in [1.54, 1.807) is 12.1 Å². The average molecular weight is 229 g/mol. The van der Waals surface area contributed by atoms with Gasteiger partial charge in [-0.1, -0.05) is 36.6 Å². The Morgan fingerprint density at radius 3 is 2.67 bits per heavy atom. The van der Waals surface area contributed by atoms with Crippen molar-refractivity contribution in [3.05, 3.63) is 34.6 Å². The van der Waals surface area contributed by atoms with Crippen molar-refractivity contribution in [2.45, 2.75) is 37.7 Å². The Hall–Kier alpha value is -0.600. The molecule has 15 heavy (non-hydrogen) atoms. The van der Waals surface area contributed by atoms with Gasteiger partial charge in [0.15, 0.2) is 0 Å². The van der Waals surface area contributed by atoms with Crippen molar-refractivity contribution in [1.82, 2.24) is 0 Å². The molecule has 1 aromatic carbocycles. The SMILES string of the molecule is OC1(Cc2cccc(Cl)c2F)CCCC1. The van der Waals surface area contributed by atoms with Crippen LogP contribution in [0.5, 0.6) is 0 Å². The fourth-order valence-corrected chi connectivity index (χ4v) is 2.44. The Kier molecular flexibility index (Phi) is 2.98. The summed E-state index contributed by atoms with van der Waals surface area (Å²) in [5, 5.41) is 10.3. The van der Waals surface area contributed by atoms with Crippen LogP contribution in [0.15, 0.2) is 18.2 Å². The van der Waals surface area contributed by atoms with E-state index in [0.717, 1.165) is 25.7 Å². The molecule has 1 aromatic rings. The molecular weight excluding hydrogens is 215 g/mol. The summed E-state index contributed by atoms with van der Waals surface area (Å²) < 4.78 is 13.6. The molecule has 0 aromatic heterocycles. The second-order valence-corrected chi connectivity index (χ2v) is 4.73. The summed E-state index contributed by atoms with van der Waals surface area (Å²) >= 11 is 5.69. The molecule has 2 rings (SSSR count). The van der Waals surface area contributed by atoms with Gasteiger partial charge in [-0.3, -0.25) is 0 Å². The van der Waals surface area contributed by atoms with Crippen LogP contribution in [-0.4, -0.2) is 10.7 Å². The Morgan fingerprint density at radius 2 is 2.00 bits per heavy atom. The summed E-state index contributed by atoms with van der Waals surface area (Å²) in [5.74, 6) is -0.389. The topological polar surface area (TPSA) is 20.2 Å². The maximum atomic E-state index is 13.6. The molecule has 0 radical (unpaired) electrons. The molecule has 82 valence electrons. The van der Waals surface area contributed by atoms with Gasteiger partial charge in [0.1, 0.15) is 5.82 Å². The van der Waals surface area contributed by atoms with Crippen LogP contribution < -0.4 is 0 Å². The first-order chi connectivity index (χ1) is 7.11. The summed E-state index contributed by atoms with van der Waals surface area (Å²) in [6.07, 6.45) is 3.95. The van der Waals surface area contributed by atoms with E-state index in [1.165, 1.54) is 6.07 Å². The molecule has 0 unspecified atom stereocenters. The van der Waals surface area contributed by atoms with Crippen LogP contribution in [0.2, 0.25) is 5.02 Å². The minimum atomic E-state index is -0.717.